The summed E-state index contributed by atoms with van der Waals surface area (Å²) in [5.41, 5.74) is -0.618. The highest BCUT2D eigenvalue weighted by molar-refractivity contribution is 7.91. The zero-order chi connectivity index (χ0) is 24.1. The summed E-state index contributed by atoms with van der Waals surface area (Å²) in [4.78, 5) is 11.6. The first-order valence-electron chi connectivity index (χ1n) is 9.57. The standard InChI is InChI=1S/C23H24ClFO6S/c1-23(2,3)21(22(26)27)31-20-10-7-17(24)13-16(20)6-5-15-14-18(8-9-19(15)25)32(28,29)12-11-30-4/h7-10,13-14,21H,11-12H2,1-4H3,(H,26,27). The monoisotopic (exact) mass is 482 g/mol. The summed E-state index contributed by atoms with van der Waals surface area (Å²) in [6.45, 7) is 5.16. The number of methoxy groups -OCH3 is 1. The Balaban J connectivity index is 2.47. The van der Waals surface area contributed by atoms with Crippen LogP contribution in [-0.4, -0.2) is 45.1 Å². The third kappa shape index (κ3) is 6.70. The molecule has 1 atom stereocenters. The fourth-order valence-electron chi connectivity index (χ4n) is 2.67. The molecule has 0 radical (unpaired) electrons. The molecule has 0 bridgehead atoms. The van der Waals surface area contributed by atoms with Gasteiger partial charge in [0.15, 0.2) is 15.9 Å². The Hall–Kier alpha value is -2.60. The number of carboxylic acids is 1. The molecular weight excluding hydrogens is 459 g/mol. The molecule has 172 valence electrons. The normalized spacial score (nSPS) is 12.6. The fourth-order valence-corrected chi connectivity index (χ4v) is 4.03. The van der Waals surface area contributed by atoms with Crippen molar-refractivity contribution >= 4 is 27.4 Å². The summed E-state index contributed by atoms with van der Waals surface area (Å²) < 4.78 is 49.5. The first-order chi connectivity index (χ1) is 14.8. The van der Waals surface area contributed by atoms with Crippen molar-refractivity contribution in [2.24, 2.45) is 5.41 Å². The molecule has 0 aliphatic heterocycles. The molecule has 0 spiro atoms. The molecule has 1 N–H and O–H groups in total. The smallest absolute Gasteiger partial charge is 0.345 e. The number of hydrogen-bond donors (Lipinski definition) is 1. The molecule has 2 rings (SSSR count). The van der Waals surface area contributed by atoms with E-state index in [4.69, 9.17) is 21.1 Å². The lowest BCUT2D eigenvalue weighted by Gasteiger charge is -2.28. The van der Waals surface area contributed by atoms with Crippen molar-refractivity contribution in [1.29, 1.82) is 0 Å². The SMILES string of the molecule is COCCS(=O)(=O)c1ccc(F)c(C#Cc2cc(Cl)ccc2OC(C(=O)O)C(C)(C)C)c1. The van der Waals surface area contributed by atoms with E-state index < -0.39 is 33.1 Å². The zero-order valence-electron chi connectivity index (χ0n) is 18.1. The number of carboxylic acid groups (broad SMARTS) is 1. The van der Waals surface area contributed by atoms with Gasteiger partial charge < -0.3 is 14.6 Å². The second-order valence-electron chi connectivity index (χ2n) is 8.05. The van der Waals surface area contributed by atoms with Gasteiger partial charge in [0, 0.05) is 17.5 Å². The van der Waals surface area contributed by atoms with Crippen LogP contribution in [0.1, 0.15) is 31.9 Å². The van der Waals surface area contributed by atoms with Gasteiger partial charge in [-0.3, -0.25) is 0 Å². The zero-order valence-corrected chi connectivity index (χ0v) is 19.7. The Morgan fingerprint density at radius 2 is 1.81 bits per heavy atom. The Bertz CT molecular complexity index is 1160. The van der Waals surface area contributed by atoms with Crippen molar-refractivity contribution < 1.29 is 32.2 Å². The van der Waals surface area contributed by atoms with Crippen molar-refractivity contribution in [1.82, 2.24) is 0 Å². The number of benzene rings is 2. The van der Waals surface area contributed by atoms with E-state index >= 15 is 0 Å². The van der Waals surface area contributed by atoms with Crippen LogP contribution in [0.3, 0.4) is 0 Å². The van der Waals surface area contributed by atoms with E-state index in [1.807, 2.05) is 0 Å². The number of aliphatic carboxylic acids is 1. The maximum atomic E-state index is 14.3. The first-order valence-corrected chi connectivity index (χ1v) is 11.6. The summed E-state index contributed by atoms with van der Waals surface area (Å²) in [5, 5.41) is 9.85. The topological polar surface area (TPSA) is 89.9 Å². The van der Waals surface area contributed by atoms with Crippen LogP contribution in [0.4, 0.5) is 4.39 Å². The molecule has 9 heteroatoms. The molecule has 0 aromatic heterocycles. The Morgan fingerprint density at radius 1 is 1.16 bits per heavy atom. The van der Waals surface area contributed by atoms with Gasteiger partial charge in [0.05, 0.1) is 28.4 Å². The van der Waals surface area contributed by atoms with Gasteiger partial charge in [0.25, 0.3) is 0 Å². The van der Waals surface area contributed by atoms with E-state index in [9.17, 15) is 22.7 Å². The average Bonchev–Trinajstić information content (AvgIpc) is 2.69. The van der Waals surface area contributed by atoms with Gasteiger partial charge in [-0.1, -0.05) is 44.2 Å². The molecular formula is C23H24ClFO6S. The van der Waals surface area contributed by atoms with Crippen molar-refractivity contribution in [3.63, 3.8) is 0 Å². The highest BCUT2D eigenvalue weighted by atomic mass is 35.5. The summed E-state index contributed by atoms with van der Waals surface area (Å²) >= 11 is 6.05. The highest BCUT2D eigenvalue weighted by Gasteiger charge is 2.33. The van der Waals surface area contributed by atoms with Crippen molar-refractivity contribution in [3.05, 3.63) is 58.4 Å². The number of hydrogen-bond acceptors (Lipinski definition) is 5. The van der Waals surface area contributed by atoms with Crippen LogP contribution in [0.2, 0.25) is 5.02 Å². The molecule has 0 amide bonds. The summed E-state index contributed by atoms with van der Waals surface area (Å²) in [6.07, 6.45) is -1.17. The summed E-state index contributed by atoms with van der Waals surface area (Å²) in [7, 11) is -2.29. The molecule has 0 fully saturated rings. The van der Waals surface area contributed by atoms with Crippen LogP contribution in [-0.2, 0) is 19.4 Å². The lowest BCUT2D eigenvalue weighted by atomic mass is 9.89. The molecule has 0 heterocycles. The maximum absolute atomic E-state index is 14.3. The van der Waals surface area contributed by atoms with Gasteiger partial charge in [-0.2, -0.15) is 0 Å². The number of rotatable bonds is 7. The Morgan fingerprint density at radius 3 is 2.41 bits per heavy atom. The summed E-state index contributed by atoms with van der Waals surface area (Å²) in [5.74, 6) is 3.38. The molecule has 0 aliphatic rings. The van der Waals surface area contributed by atoms with E-state index in [1.54, 1.807) is 20.8 Å². The minimum atomic E-state index is -3.67. The van der Waals surface area contributed by atoms with E-state index in [1.165, 1.54) is 31.4 Å². The minimum absolute atomic E-state index is 0.00244. The number of carbonyl (C=O) groups is 1. The minimum Gasteiger partial charge on any atom is -0.478 e. The van der Waals surface area contributed by atoms with Crippen molar-refractivity contribution in [2.75, 3.05) is 19.5 Å². The van der Waals surface area contributed by atoms with Gasteiger partial charge in [-0.05, 0) is 36.4 Å². The van der Waals surface area contributed by atoms with Crippen LogP contribution in [0.25, 0.3) is 0 Å². The molecule has 0 saturated heterocycles. The van der Waals surface area contributed by atoms with Crippen LogP contribution >= 0.6 is 11.6 Å². The third-order valence-electron chi connectivity index (χ3n) is 4.38. The second-order valence-corrected chi connectivity index (χ2v) is 10.6. The van der Waals surface area contributed by atoms with Crippen LogP contribution < -0.4 is 4.74 Å². The van der Waals surface area contributed by atoms with Gasteiger partial charge >= 0.3 is 5.97 Å². The Kier molecular flexibility index (Phi) is 8.29. The predicted molar refractivity (Wildman–Crippen MR) is 119 cm³/mol. The van der Waals surface area contributed by atoms with E-state index in [-0.39, 0.29) is 34.1 Å². The number of halogens is 2. The maximum Gasteiger partial charge on any atom is 0.345 e. The van der Waals surface area contributed by atoms with Gasteiger partial charge in [-0.25, -0.2) is 17.6 Å². The van der Waals surface area contributed by atoms with E-state index in [0.717, 1.165) is 12.1 Å². The molecule has 2 aromatic rings. The molecule has 6 nitrogen and oxygen atoms in total. The second kappa shape index (κ2) is 10.3. The first kappa shape index (κ1) is 25.7. The number of sulfone groups is 1. The predicted octanol–water partition coefficient (Wildman–Crippen LogP) is 4.18. The number of ether oxygens (including phenoxy) is 2. The lowest BCUT2D eigenvalue weighted by Crippen LogP contribution is -2.39. The average molecular weight is 483 g/mol. The molecule has 2 aromatic carbocycles. The van der Waals surface area contributed by atoms with Gasteiger partial charge in [0.2, 0.25) is 0 Å². The van der Waals surface area contributed by atoms with E-state index in [2.05, 4.69) is 11.8 Å². The van der Waals surface area contributed by atoms with Crippen molar-refractivity contribution in [2.45, 2.75) is 31.8 Å². The Labute approximate surface area is 192 Å². The highest BCUT2D eigenvalue weighted by Crippen LogP contribution is 2.29. The molecule has 0 aliphatic carbocycles. The van der Waals surface area contributed by atoms with Crippen LogP contribution in [0, 0.1) is 23.1 Å². The molecule has 0 saturated carbocycles. The summed E-state index contributed by atoms with van der Waals surface area (Å²) in [6, 6.07) is 7.80. The van der Waals surface area contributed by atoms with Gasteiger partial charge in [-0.15, -0.1) is 0 Å². The molecule has 32 heavy (non-hydrogen) atoms. The third-order valence-corrected chi connectivity index (χ3v) is 6.29. The molecule has 1 unspecified atom stereocenters. The van der Waals surface area contributed by atoms with Crippen LogP contribution in [0.15, 0.2) is 41.3 Å². The van der Waals surface area contributed by atoms with Gasteiger partial charge in [0.1, 0.15) is 11.6 Å². The van der Waals surface area contributed by atoms with Crippen LogP contribution in [0.5, 0.6) is 5.75 Å². The fraction of sp³-hybridized carbons (Fsp3) is 0.348. The lowest BCUT2D eigenvalue weighted by molar-refractivity contribution is -0.150. The van der Waals surface area contributed by atoms with E-state index in [0.29, 0.717) is 5.02 Å². The van der Waals surface area contributed by atoms with Crippen molar-refractivity contribution in [3.8, 4) is 17.6 Å². The largest absolute Gasteiger partial charge is 0.478 e. The quantitative estimate of drug-likeness (QED) is 0.470.